The summed E-state index contributed by atoms with van der Waals surface area (Å²) in [5, 5.41) is 2.88. The van der Waals surface area contributed by atoms with Crippen molar-refractivity contribution in [3.05, 3.63) is 58.1 Å². The van der Waals surface area contributed by atoms with Crippen LogP contribution < -0.4 is 0 Å². The Kier molecular flexibility index (Phi) is 7.95. The molecule has 11 heteroatoms. The van der Waals surface area contributed by atoms with Gasteiger partial charge in [-0.25, -0.2) is 4.98 Å². The van der Waals surface area contributed by atoms with Crippen molar-refractivity contribution < 1.29 is 30.7 Å². The first-order valence-electron chi connectivity index (χ1n) is 11.3. The lowest BCUT2D eigenvalue weighted by Gasteiger charge is -2.21. The fourth-order valence-corrected chi connectivity index (χ4v) is 5.94. The van der Waals surface area contributed by atoms with E-state index in [0.29, 0.717) is 21.3 Å². The monoisotopic (exact) mass is 540 g/mol. The molecule has 0 aliphatic heterocycles. The minimum Gasteiger partial charge on any atom is -0.282 e. The fraction of sp³-hybridized carbons (Fsp3) is 0.400. The molecule has 3 rings (SSSR count). The molecule has 1 aromatic heterocycles. The lowest BCUT2D eigenvalue weighted by Crippen LogP contribution is -2.32. The number of hydrogen-bond donors (Lipinski definition) is 0. The highest BCUT2D eigenvalue weighted by Gasteiger charge is 2.44. The third-order valence-electron chi connectivity index (χ3n) is 5.53. The molecule has 1 heterocycles. The Labute approximate surface area is 212 Å². The summed E-state index contributed by atoms with van der Waals surface area (Å²) in [7, 11) is -4.70. The van der Waals surface area contributed by atoms with Gasteiger partial charge < -0.3 is 0 Å². The molecule has 0 saturated heterocycles. The summed E-state index contributed by atoms with van der Waals surface area (Å²) in [5.74, 6) is -2.70. The average Bonchev–Trinajstić information content (AvgIpc) is 3.21. The maximum Gasteiger partial charge on any atom is 0.456 e. The van der Waals surface area contributed by atoms with Crippen molar-refractivity contribution in [1.29, 1.82) is 0 Å². The molecule has 0 radical (unpaired) electrons. The number of carbonyl (C=O) groups is 1. The Morgan fingerprint density at radius 1 is 0.972 bits per heavy atom. The summed E-state index contributed by atoms with van der Waals surface area (Å²) < 4.78 is 72.3. The van der Waals surface area contributed by atoms with Crippen LogP contribution in [0.1, 0.15) is 81.0 Å². The maximum absolute atomic E-state index is 13.4. The van der Waals surface area contributed by atoms with Crippen LogP contribution in [0.15, 0.2) is 46.4 Å². The van der Waals surface area contributed by atoms with Crippen LogP contribution in [0.25, 0.3) is 10.2 Å². The van der Waals surface area contributed by atoms with Gasteiger partial charge in [0, 0.05) is 0 Å². The Balaban J connectivity index is 2.19. The van der Waals surface area contributed by atoms with Crippen LogP contribution in [0, 0.1) is 0 Å². The van der Waals surface area contributed by atoms with Gasteiger partial charge in [-0.1, -0.05) is 71.0 Å². The summed E-state index contributed by atoms with van der Waals surface area (Å²) in [6.45, 7) is 11.2. The minimum atomic E-state index is -5.31. The number of nitrogens with zero attached hydrogens (tertiary/aromatic N) is 2. The zero-order valence-electron chi connectivity index (χ0n) is 20.7. The number of rotatable bonds is 8. The molecule has 6 nitrogen and oxygen atoms in total. The highest BCUT2D eigenvalue weighted by Crippen LogP contribution is 2.36. The van der Waals surface area contributed by atoms with Gasteiger partial charge in [-0.2, -0.15) is 21.6 Å². The van der Waals surface area contributed by atoms with Gasteiger partial charge in [0.2, 0.25) is 0 Å². The van der Waals surface area contributed by atoms with Crippen molar-refractivity contribution in [2.75, 3.05) is 0 Å². The second kappa shape index (κ2) is 10.3. The second-order valence-corrected chi connectivity index (χ2v) is 11.8. The summed E-state index contributed by atoms with van der Waals surface area (Å²) >= 11 is 0.780. The van der Waals surface area contributed by atoms with Gasteiger partial charge in [0.1, 0.15) is 4.90 Å². The number of oxime groups is 1. The van der Waals surface area contributed by atoms with Crippen molar-refractivity contribution in [1.82, 2.24) is 4.98 Å². The summed E-state index contributed by atoms with van der Waals surface area (Å²) in [6, 6.07) is 9.99. The number of thiazole rings is 1. The third-order valence-corrected chi connectivity index (χ3v) is 7.81. The van der Waals surface area contributed by atoms with Crippen molar-refractivity contribution in [3.63, 3.8) is 0 Å². The standard InChI is InChI=1S/C25H27F3N2O4S2/c1-13(2)16-11-17(14(3)4)22(18(12-16)15(5)6)36(32,33)34-30-21(23(31)25(26,27)28)24-29-19-9-7-8-10-20(19)35-24/h7-15H,1-6H3/b30-21+. The van der Waals surface area contributed by atoms with Gasteiger partial charge >= 0.3 is 16.3 Å². The van der Waals surface area contributed by atoms with Crippen molar-refractivity contribution in [2.24, 2.45) is 5.16 Å². The summed E-state index contributed by atoms with van der Waals surface area (Å²) in [5.41, 5.74) is 0.972. The fourth-order valence-electron chi connectivity index (χ4n) is 3.59. The zero-order chi connectivity index (χ0) is 27.0. The largest absolute Gasteiger partial charge is 0.456 e. The first-order chi connectivity index (χ1) is 16.6. The Bertz CT molecular complexity index is 1360. The SMILES string of the molecule is CC(C)c1cc(C(C)C)c(S(=O)(=O)O/N=C(\C(=O)C(F)(F)F)c2nc3ccccc3s2)c(C(C)C)c1. The van der Waals surface area contributed by atoms with Gasteiger partial charge in [0.25, 0.3) is 5.78 Å². The second-order valence-electron chi connectivity index (χ2n) is 9.27. The van der Waals surface area contributed by atoms with Gasteiger partial charge in [0.05, 0.1) is 10.2 Å². The van der Waals surface area contributed by atoms with E-state index >= 15 is 0 Å². The van der Waals surface area contributed by atoms with Gasteiger partial charge in [-0.3, -0.25) is 9.08 Å². The Morgan fingerprint density at radius 2 is 1.53 bits per heavy atom. The van der Waals surface area contributed by atoms with Crippen LogP contribution in [0.4, 0.5) is 13.2 Å². The van der Waals surface area contributed by atoms with Crippen molar-refractivity contribution in [2.45, 2.75) is 70.4 Å². The van der Waals surface area contributed by atoms with Gasteiger partial charge in [0.15, 0.2) is 10.7 Å². The highest BCUT2D eigenvalue weighted by atomic mass is 32.2. The van der Waals surface area contributed by atoms with Crippen LogP contribution in [0.2, 0.25) is 0 Å². The predicted octanol–water partition coefficient (Wildman–Crippen LogP) is 6.91. The maximum atomic E-state index is 13.4. The van der Waals surface area contributed by atoms with Crippen LogP contribution in [0.3, 0.4) is 0 Å². The minimum absolute atomic E-state index is 0.116. The smallest absolute Gasteiger partial charge is 0.282 e. The van der Waals surface area contributed by atoms with E-state index < -0.39 is 32.8 Å². The molecular weight excluding hydrogens is 513 g/mol. The summed E-state index contributed by atoms with van der Waals surface area (Å²) in [6.07, 6.45) is -5.31. The van der Waals surface area contributed by atoms with Gasteiger partial charge in [-0.05, 0) is 46.6 Å². The molecule has 0 unspecified atom stereocenters. The molecular formula is C25H27F3N2O4S2. The molecule has 0 bridgehead atoms. The lowest BCUT2D eigenvalue weighted by atomic mass is 9.89. The van der Waals surface area contributed by atoms with Crippen LogP contribution >= 0.6 is 11.3 Å². The number of alkyl halides is 3. The van der Waals surface area contributed by atoms with E-state index in [4.69, 9.17) is 4.28 Å². The zero-order valence-corrected chi connectivity index (χ0v) is 22.3. The molecule has 36 heavy (non-hydrogen) atoms. The van der Waals surface area contributed by atoms with Crippen molar-refractivity contribution >= 4 is 43.2 Å². The topological polar surface area (TPSA) is 85.7 Å². The quantitative estimate of drug-likeness (QED) is 0.229. The van der Waals surface area contributed by atoms with E-state index in [1.54, 1.807) is 36.4 Å². The van der Waals surface area contributed by atoms with E-state index in [-0.39, 0.29) is 22.6 Å². The van der Waals surface area contributed by atoms with Crippen molar-refractivity contribution in [3.8, 4) is 0 Å². The van der Waals surface area contributed by atoms with E-state index in [1.807, 2.05) is 41.5 Å². The normalized spacial score (nSPS) is 13.3. The average molecular weight is 541 g/mol. The molecule has 0 aliphatic rings. The number of carbonyl (C=O) groups excluding carboxylic acids is 1. The molecule has 2 aromatic carbocycles. The number of fused-ring (bicyclic) bond motifs is 1. The van der Waals surface area contributed by atoms with Crippen LogP contribution in [0.5, 0.6) is 0 Å². The van der Waals surface area contributed by atoms with E-state index in [9.17, 15) is 26.4 Å². The molecule has 3 aromatic rings. The lowest BCUT2D eigenvalue weighted by molar-refractivity contribution is -0.163. The molecule has 0 spiro atoms. The first kappa shape index (κ1) is 27.8. The summed E-state index contributed by atoms with van der Waals surface area (Å²) in [4.78, 5) is 16.1. The molecule has 0 amide bonds. The molecule has 0 saturated carbocycles. The Hall–Kier alpha value is -2.79. The number of hydrogen-bond acceptors (Lipinski definition) is 7. The Morgan fingerprint density at radius 3 is 2.00 bits per heavy atom. The number of ketones is 1. The molecule has 0 atom stereocenters. The highest BCUT2D eigenvalue weighted by molar-refractivity contribution is 7.86. The first-order valence-corrected chi connectivity index (χ1v) is 13.5. The molecule has 0 N–H and O–H groups in total. The molecule has 0 aliphatic carbocycles. The molecule has 194 valence electrons. The number of Topliss-reactive ketones (excluding diaryl/α,β-unsaturated/α-hetero) is 1. The number of para-hydroxylation sites is 1. The third kappa shape index (κ3) is 5.78. The van der Waals surface area contributed by atoms with E-state index in [0.717, 1.165) is 16.9 Å². The van der Waals surface area contributed by atoms with Crippen LogP contribution in [-0.2, 0) is 19.2 Å². The number of benzene rings is 2. The van der Waals surface area contributed by atoms with E-state index in [2.05, 4.69) is 10.1 Å². The number of halogens is 3. The van der Waals surface area contributed by atoms with Gasteiger partial charge in [-0.15, -0.1) is 11.3 Å². The van der Waals surface area contributed by atoms with Crippen LogP contribution in [-0.4, -0.2) is 31.1 Å². The van der Waals surface area contributed by atoms with E-state index in [1.165, 1.54) is 0 Å². The number of aromatic nitrogens is 1. The predicted molar refractivity (Wildman–Crippen MR) is 134 cm³/mol. The molecule has 0 fully saturated rings.